The molecule has 1 aromatic rings. The molecule has 1 aromatic carbocycles. The SMILES string of the molecule is CCOC(=O)c1ccc(COCCCN)cc1. The quantitative estimate of drug-likeness (QED) is 0.579. The van der Waals surface area contributed by atoms with Gasteiger partial charge in [-0.15, -0.1) is 0 Å². The van der Waals surface area contributed by atoms with E-state index in [0.29, 0.717) is 31.9 Å². The largest absolute Gasteiger partial charge is 0.462 e. The lowest BCUT2D eigenvalue weighted by Crippen LogP contribution is -2.05. The van der Waals surface area contributed by atoms with Gasteiger partial charge in [0.05, 0.1) is 18.8 Å². The highest BCUT2D eigenvalue weighted by atomic mass is 16.5. The molecule has 0 heterocycles. The Balaban J connectivity index is 2.42. The Morgan fingerprint density at radius 1 is 1.29 bits per heavy atom. The average Bonchev–Trinajstić information content (AvgIpc) is 2.36. The van der Waals surface area contributed by atoms with E-state index in [0.717, 1.165) is 12.0 Å². The monoisotopic (exact) mass is 237 g/mol. The van der Waals surface area contributed by atoms with Gasteiger partial charge in [0, 0.05) is 6.61 Å². The minimum atomic E-state index is -0.289. The predicted molar refractivity (Wildman–Crippen MR) is 65.7 cm³/mol. The van der Waals surface area contributed by atoms with E-state index in [1.165, 1.54) is 0 Å². The van der Waals surface area contributed by atoms with Gasteiger partial charge in [0.25, 0.3) is 0 Å². The maximum atomic E-state index is 11.4. The van der Waals surface area contributed by atoms with Crippen molar-refractivity contribution in [2.75, 3.05) is 19.8 Å². The Morgan fingerprint density at radius 2 is 2.00 bits per heavy atom. The molecule has 0 fully saturated rings. The first-order chi connectivity index (χ1) is 8.27. The lowest BCUT2D eigenvalue weighted by Gasteiger charge is -2.05. The number of ether oxygens (including phenoxy) is 2. The molecule has 0 bridgehead atoms. The predicted octanol–water partition coefficient (Wildman–Crippen LogP) is 1.73. The van der Waals surface area contributed by atoms with E-state index in [-0.39, 0.29) is 5.97 Å². The molecule has 0 unspecified atom stereocenters. The van der Waals surface area contributed by atoms with Crippen molar-refractivity contribution in [2.45, 2.75) is 20.0 Å². The molecule has 1 rings (SSSR count). The number of nitrogens with two attached hydrogens (primary N) is 1. The van der Waals surface area contributed by atoms with Gasteiger partial charge in [-0.2, -0.15) is 0 Å². The summed E-state index contributed by atoms with van der Waals surface area (Å²) in [6, 6.07) is 7.24. The summed E-state index contributed by atoms with van der Waals surface area (Å²) in [5.41, 5.74) is 6.96. The van der Waals surface area contributed by atoms with Crippen LogP contribution in [-0.2, 0) is 16.1 Å². The van der Waals surface area contributed by atoms with Crippen molar-refractivity contribution in [3.05, 3.63) is 35.4 Å². The molecule has 0 amide bonds. The number of rotatable bonds is 7. The molecule has 0 aromatic heterocycles. The molecule has 0 aliphatic carbocycles. The molecule has 0 radical (unpaired) electrons. The molecule has 0 saturated heterocycles. The van der Waals surface area contributed by atoms with Crippen LogP contribution >= 0.6 is 0 Å². The van der Waals surface area contributed by atoms with Crippen molar-refractivity contribution in [1.82, 2.24) is 0 Å². The first kappa shape index (κ1) is 13.7. The first-order valence-electron chi connectivity index (χ1n) is 5.81. The highest BCUT2D eigenvalue weighted by Gasteiger charge is 2.05. The zero-order valence-electron chi connectivity index (χ0n) is 10.1. The summed E-state index contributed by atoms with van der Waals surface area (Å²) in [5, 5.41) is 0. The molecule has 0 atom stereocenters. The van der Waals surface area contributed by atoms with Crippen molar-refractivity contribution in [3.63, 3.8) is 0 Å². The van der Waals surface area contributed by atoms with Crippen molar-refractivity contribution in [2.24, 2.45) is 5.73 Å². The van der Waals surface area contributed by atoms with Gasteiger partial charge in [-0.1, -0.05) is 12.1 Å². The number of carbonyl (C=O) groups is 1. The van der Waals surface area contributed by atoms with E-state index in [1.807, 2.05) is 12.1 Å². The molecular weight excluding hydrogens is 218 g/mol. The van der Waals surface area contributed by atoms with Crippen molar-refractivity contribution in [1.29, 1.82) is 0 Å². The highest BCUT2D eigenvalue weighted by molar-refractivity contribution is 5.89. The normalized spacial score (nSPS) is 10.2. The van der Waals surface area contributed by atoms with Crippen LogP contribution in [0.4, 0.5) is 0 Å². The molecule has 0 aliphatic heterocycles. The van der Waals surface area contributed by atoms with Crippen LogP contribution in [-0.4, -0.2) is 25.7 Å². The van der Waals surface area contributed by atoms with Crippen LogP contribution in [0.5, 0.6) is 0 Å². The molecule has 0 saturated carbocycles. The minimum absolute atomic E-state index is 0.289. The van der Waals surface area contributed by atoms with Crippen LogP contribution in [0.25, 0.3) is 0 Å². The second kappa shape index (κ2) is 7.81. The third kappa shape index (κ3) is 4.97. The summed E-state index contributed by atoms with van der Waals surface area (Å²) in [7, 11) is 0. The van der Waals surface area contributed by atoms with E-state index in [9.17, 15) is 4.79 Å². The Kier molecular flexibility index (Phi) is 6.29. The third-order valence-corrected chi connectivity index (χ3v) is 2.23. The fourth-order valence-electron chi connectivity index (χ4n) is 1.33. The van der Waals surface area contributed by atoms with E-state index >= 15 is 0 Å². The number of esters is 1. The summed E-state index contributed by atoms with van der Waals surface area (Å²) >= 11 is 0. The molecule has 4 heteroatoms. The fourth-order valence-corrected chi connectivity index (χ4v) is 1.33. The number of benzene rings is 1. The van der Waals surface area contributed by atoms with Gasteiger partial charge in [-0.25, -0.2) is 4.79 Å². The lowest BCUT2D eigenvalue weighted by atomic mass is 10.1. The van der Waals surface area contributed by atoms with Crippen LogP contribution in [0.15, 0.2) is 24.3 Å². The highest BCUT2D eigenvalue weighted by Crippen LogP contribution is 2.07. The lowest BCUT2D eigenvalue weighted by molar-refractivity contribution is 0.0526. The van der Waals surface area contributed by atoms with Gasteiger partial charge in [-0.05, 0) is 37.6 Å². The van der Waals surface area contributed by atoms with Gasteiger partial charge >= 0.3 is 5.97 Å². The summed E-state index contributed by atoms with van der Waals surface area (Å²) in [6.07, 6.45) is 0.862. The van der Waals surface area contributed by atoms with Crippen molar-refractivity contribution < 1.29 is 14.3 Å². The summed E-state index contributed by atoms with van der Waals surface area (Å²) < 4.78 is 10.3. The van der Waals surface area contributed by atoms with Crippen LogP contribution in [0.3, 0.4) is 0 Å². The van der Waals surface area contributed by atoms with Crippen LogP contribution < -0.4 is 5.73 Å². The molecule has 0 aliphatic rings. The Bertz CT molecular complexity index is 335. The number of carbonyl (C=O) groups excluding carboxylic acids is 1. The van der Waals surface area contributed by atoms with Crippen molar-refractivity contribution in [3.8, 4) is 0 Å². The first-order valence-corrected chi connectivity index (χ1v) is 5.81. The maximum Gasteiger partial charge on any atom is 0.338 e. The number of hydrogen-bond acceptors (Lipinski definition) is 4. The molecule has 4 nitrogen and oxygen atoms in total. The van der Waals surface area contributed by atoms with Gasteiger partial charge < -0.3 is 15.2 Å². The molecule has 2 N–H and O–H groups in total. The Hall–Kier alpha value is -1.39. The Labute approximate surface area is 102 Å². The fraction of sp³-hybridized carbons (Fsp3) is 0.462. The van der Waals surface area contributed by atoms with Crippen LogP contribution in [0.2, 0.25) is 0 Å². The van der Waals surface area contributed by atoms with Crippen LogP contribution in [0.1, 0.15) is 29.3 Å². The summed E-state index contributed by atoms with van der Waals surface area (Å²) in [4.78, 5) is 11.4. The standard InChI is InChI=1S/C13H19NO3/c1-2-17-13(15)12-6-4-11(5-7-12)10-16-9-3-8-14/h4-7H,2-3,8-10,14H2,1H3. The summed E-state index contributed by atoms with van der Waals surface area (Å²) in [6.45, 7) is 4.03. The minimum Gasteiger partial charge on any atom is -0.462 e. The molecule has 94 valence electrons. The van der Waals surface area contributed by atoms with E-state index in [4.69, 9.17) is 15.2 Å². The third-order valence-electron chi connectivity index (χ3n) is 2.23. The van der Waals surface area contributed by atoms with Gasteiger partial charge in [0.15, 0.2) is 0 Å². The second-order valence-corrected chi connectivity index (χ2v) is 3.61. The van der Waals surface area contributed by atoms with Gasteiger partial charge in [0.1, 0.15) is 0 Å². The molecule has 17 heavy (non-hydrogen) atoms. The zero-order valence-corrected chi connectivity index (χ0v) is 10.1. The van der Waals surface area contributed by atoms with Gasteiger partial charge in [-0.3, -0.25) is 0 Å². The van der Waals surface area contributed by atoms with E-state index in [1.54, 1.807) is 19.1 Å². The molecule has 0 spiro atoms. The van der Waals surface area contributed by atoms with Gasteiger partial charge in [0.2, 0.25) is 0 Å². The molecular formula is C13H19NO3. The van der Waals surface area contributed by atoms with Crippen LogP contribution in [0, 0.1) is 0 Å². The van der Waals surface area contributed by atoms with Crippen molar-refractivity contribution >= 4 is 5.97 Å². The second-order valence-electron chi connectivity index (χ2n) is 3.61. The Morgan fingerprint density at radius 3 is 2.59 bits per heavy atom. The van der Waals surface area contributed by atoms with E-state index < -0.39 is 0 Å². The van der Waals surface area contributed by atoms with E-state index in [2.05, 4.69) is 0 Å². The zero-order chi connectivity index (χ0) is 12.5. The number of hydrogen-bond donors (Lipinski definition) is 1. The maximum absolute atomic E-state index is 11.4. The smallest absolute Gasteiger partial charge is 0.338 e. The average molecular weight is 237 g/mol. The summed E-state index contributed by atoms with van der Waals surface area (Å²) in [5.74, 6) is -0.289. The topological polar surface area (TPSA) is 61.5 Å².